The van der Waals surface area contributed by atoms with Gasteiger partial charge in [0.05, 0.1) is 0 Å². The second kappa shape index (κ2) is 7.51. The van der Waals surface area contributed by atoms with Crippen molar-refractivity contribution in [3.05, 3.63) is 35.9 Å². The first kappa shape index (κ1) is 12.3. The second-order valence-electron chi connectivity index (χ2n) is 3.21. The van der Waals surface area contributed by atoms with E-state index in [1.807, 2.05) is 12.2 Å². The summed E-state index contributed by atoms with van der Waals surface area (Å²) in [6.07, 6.45) is 5.16. The molecule has 15 heavy (non-hydrogen) atoms. The molecule has 0 aliphatic heterocycles. The monoisotopic (exact) mass is 222 g/mol. The largest absolute Gasteiger partial charge is 0.327 e. The fraction of sp³-hybridized carbons (Fsp3) is 0.333. The zero-order valence-electron chi connectivity index (χ0n) is 9.07. The van der Waals surface area contributed by atoms with Crippen molar-refractivity contribution in [2.24, 2.45) is 5.73 Å². The molecule has 0 aliphatic rings. The standard InChI is InChI=1S/C12H18N2S/c1-2-9-14-15-12-7-3-5-11(10-12)6-4-8-13/h3-7,10,14H,2,8-9,13H2,1H3/b6-4+. The summed E-state index contributed by atoms with van der Waals surface area (Å²) in [4.78, 5) is 1.24. The van der Waals surface area contributed by atoms with Crippen molar-refractivity contribution in [2.75, 3.05) is 13.1 Å². The summed E-state index contributed by atoms with van der Waals surface area (Å²) in [6.45, 7) is 3.78. The molecule has 82 valence electrons. The van der Waals surface area contributed by atoms with Crippen LogP contribution in [-0.2, 0) is 0 Å². The minimum atomic E-state index is 0.589. The van der Waals surface area contributed by atoms with E-state index in [9.17, 15) is 0 Å². The number of nitrogens with one attached hydrogen (secondary N) is 1. The summed E-state index contributed by atoms with van der Waals surface area (Å²) < 4.78 is 3.30. The van der Waals surface area contributed by atoms with Gasteiger partial charge in [0.2, 0.25) is 0 Å². The van der Waals surface area contributed by atoms with E-state index in [1.54, 1.807) is 11.9 Å². The molecule has 0 amide bonds. The minimum absolute atomic E-state index is 0.589. The van der Waals surface area contributed by atoms with Crippen LogP contribution in [0.15, 0.2) is 35.2 Å². The Kier molecular flexibility index (Phi) is 6.16. The Morgan fingerprint density at radius 1 is 1.47 bits per heavy atom. The van der Waals surface area contributed by atoms with Crippen molar-refractivity contribution in [3.8, 4) is 0 Å². The van der Waals surface area contributed by atoms with Crippen LogP contribution in [0.25, 0.3) is 6.08 Å². The topological polar surface area (TPSA) is 38.0 Å². The van der Waals surface area contributed by atoms with E-state index >= 15 is 0 Å². The summed E-state index contributed by atoms with van der Waals surface area (Å²) in [6, 6.07) is 8.40. The van der Waals surface area contributed by atoms with E-state index < -0.39 is 0 Å². The molecule has 1 rings (SSSR count). The van der Waals surface area contributed by atoms with Crippen LogP contribution in [0.4, 0.5) is 0 Å². The van der Waals surface area contributed by atoms with Gasteiger partial charge in [0.15, 0.2) is 0 Å². The first-order valence-corrected chi connectivity index (χ1v) is 6.05. The normalized spacial score (nSPS) is 11.1. The molecule has 3 heteroatoms. The summed E-state index contributed by atoms with van der Waals surface area (Å²) in [5.74, 6) is 0. The number of nitrogens with two attached hydrogens (primary N) is 1. The zero-order valence-corrected chi connectivity index (χ0v) is 9.89. The maximum absolute atomic E-state index is 5.41. The fourth-order valence-electron chi connectivity index (χ4n) is 1.12. The van der Waals surface area contributed by atoms with Crippen molar-refractivity contribution >= 4 is 18.0 Å². The van der Waals surface area contributed by atoms with Gasteiger partial charge in [0.25, 0.3) is 0 Å². The molecule has 0 unspecified atom stereocenters. The van der Waals surface area contributed by atoms with Crippen molar-refractivity contribution in [1.82, 2.24) is 4.72 Å². The van der Waals surface area contributed by atoms with Crippen LogP contribution in [0, 0.1) is 0 Å². The second-order valence-corrected chi connectivity index (χ2v) is 4.17. The lowest BCUT2D eigenvalue weighted by Crippen LogP contribution is -2.03. The smallest absolute Gasteiger partial charge is 0.0234 e. The van der Waals surface area contributed by atoms with E-state index in [2.05, 4.69) is 35.9 Å². The Hall–Kier alpha value is -0.770. The number of benzene rings is 1. The molecule has 0 fully saturated rings. The van der Waals surface area contributed by atoms with Gasteiger partial charge in [-0.15, -0.1) is 0 Å². The van der Waals surface area contributed by atoms with Gasteiger partial charge in [-0.05, 0) is 36.1 Å². The SMILES string of the molecule is CCCNSc1cccc(/C=C/CN)c1. The lowest BCUT2D eigenvalue weighted by Gasteiger charge is -2.03. The molecule has 0 bridgehead atoms. The summed E-state index contributed by atoms with van der Waals surface area (Å²) in [7, 11) is 0. The highest BCUT2D eigenvalue weighted by molar-refractivity contribution is 7.97. The fourth-order valence-corrected chi connectivity index (χ4v) is 1.94. The van der Waals surface area contributed by atoms with Gasteiger partial charge in [-0.1, -0.05) is 31.2 Å². The maximum Gasteiger partial charge on any atom is 0.0234 e. The van der Waals surface area contributed by atoms with Crippen molar-refractivity contribution in [3.63, 3.8) is 0 Å². The van der Waals surface area contributed by atoms with Crippen molar-refractivity contribution in [1.29, 1.82) is 0 Å². The van der Waals surface area contributed by atoms with Gasteiger partial charge in [0.1, 0.15) is 0 Å². The Morgan fingerprint density at radius 3 is 3.07 bits per heavy atom. The summed E-state index contributed by atoms with van der Waals surface area (Å²) in [5.41, 5.74) is 6.61. The molecule has 0 saturated heterocycles. The minimum Gasteiger partial charge on any atom is -0.327 e. The highest BCUT2D eigenvalue weighted by Crippen LogP contribution is 2.16. The van der Waals surface area contributed by atoms with Crippen LogP contribution in [-0.4, -0.2) is 13.1 Å². The van der Waals surface area contributed by atoms with Gasteiger partial charge in [-0.2, -0.15) is 0 Å². The average Bonchev–Trinajstić information content (AvgIpc) is 2.27. The van der Waals surface area contributed by atoms with Gasteiger partial charge >= 0.3 is 0 Å². The Bertz CT molecular complexity index is 310. The average molecular weight is 222 g/mol. The van der Waals surface area contributed by atoms with Crippen LogP contribution in [0.1, 0.15) is 18.9 Å². The predicted molar refractivity (Wildman–Crippen MR) is 68.7 cm³/mol. The van der Waals surface area contributed by atoms with Crippen LogP contribution in [0.2, 0.25) is 0 Å². The van der Waals surface area contributed by atoms with Crippen LogP contribution in [0.5, 0.6) is 0 Å². The van der Waals surface area contributed by atoms with Crippen molar-refractivity contribution < 1.29 is 0 Å². The third kappa shape index (κ3) is 5.02. The molecule has 0 aliphatic carbocycles. The Labute approximate surface area is 96.1 Å². The van der Waals surface area contributed by atoms with E-state index in [4.69, 9.17) is 5.73 Å². The van der Waals surface area contributed by atoms with E-state index in [1.165, 1.54) is 10.5 Å². The molecule has 0 heterocycles. The van der Waals surface area contributed by atoms with Crippen LogP contribution < -0.4 is 10.5 Å². The van der Waals surface area contributed by atoms with Gasteiger partial charge < -0.3 is 5.73 Å². The lowest BCUT2D eigenvalue weighted by atomic mass is 10.2. The van der Waals surface area contributed by atoms with Crippen LogP contribution >= 0.6 is 11.9 Å². The number of rotatable bonds is 6. The Morgan fingerprint density at radius 2 is 2.33 bits per heavy atom. The molecule has 2 nitrogen and oxygen atoms in total. The highest BCUT2D eigenvalue weighted by atomic mass is 32.2. The number of hydrogen-bond acceptors (Lipinski definition) is 3. The predicted octanol–water partition coefficient (Wildman–Crippen LogP) is 2.67. The highest BCUT2D eigenvalue weighted by Gasteiger charge is 1.93. The third-order valence-electron chi connectivity index (χ3n) is 1.85. The molecule has 0 atom stereocenters. The maximum atomic E-state index is 5.41. The molecule has 0 radical (unpaired) electrons. The lowest BCUT2D eigenvalue weighted by molar-refractivity contribution is 0.877. The molecule has 0 saturated carbocycles. The molecule has 3 N–H and O–H groups in total. The summed E-state index contributed by atoms with van der Waals surface area (Å²) in [5, 5.41) is 0. The van der Waals surface area contributed by atoms with E-state index in [0.29, 0.717) is 6.54 Å². The molecule has 0 spiro atoms. The number of hydrogen-bond donors (Lipinski definition) is 2. The Balaban J connectivity index is 2.53. The quantitative estimate of drug-likeness (QED) is 0.574. The molecular formula is C12H18N2S. The van der Waals surface area contributed by atoms with Gasteiger partial charge in [-0.3, -0.25) is 4.72 Å². The molecule has 1 aromatic carbocycles. The molecule has 0 aromatic heterocycles. The summed E-state index contributed by atoms with van der Waals surface area (Å²) >= 11 is 1.68. The van der Waals surface area contributed by atoms with Gasteiger partial charge in [0, 0.05) is 18.0 Å². The molecular weight excluding hydrogens is 204 g/mol. The van der Waals surface area contributed by atoms with Crippen molar-refractivity contribution in [2.45, 2.75) is 18.2 Å². The third-order valence-corrected chi connectivity index (χ3v) is 2.68. The molecule has 1 aromatic rings. The van der Waals surface area contributed by atoms with E-state index in [0.717, 1.165) is 13.0 Å². The zero-order chi connectivity index (χ0) is 10.9. The first-order chi connectivity index (χ1) is 7.36. The van der Waals surface area contributed by atoms with Gasteiger partial charge in [-0.25, -0.2) is 0 Å². The first-order valence-electron chi connectivity index (χ1n) is 5.23. The van der Waals surface area contributed by atoms with E-state index in [-0.39, 0.29) is 0 Å². The van der Waals surface area contributed by atoms with Crippen LogP contribution in [0.3, 0.4) is 0 Å².